The molecule has 1 N–H and O–H groups in total. The van der Waals surface area contributed by atoms with Gasteiger partial charge in [0.1, 0.15) is 6.33 Å². The second-order valence-corrected chi connectivity index (χ2v) is 7.29. The molecule has 2 aliphatic rings. The van der Waals surface area contributed by atoms with Gasteiger partial charge in [-0.2, -0.15) is 0 Å². The Morgan fingerprint density at radius 1 is 1.29 bits per heavy atom. The number of hydrogen-bond acceptors (Lipinski definition) is 4. The Labute approximate surface area is 141 Å². The van der Waals surface area contributed by atoms with E-state index in [9.17, 15) is 4.79 Å². The van der Waals surface area contributed by atoms with Crippen LogP contribution in [0.15, 0.2) is 30.6 Å². The number of rotatable bonds is 5. The molecule has 1 aromatic heterocycles. The molecule has 1 amide bonds. The number of amides is 1. The van der Waals surface area contributed by atoms with Crippen molar-refractivity contribution in [1.29, 1.82) is 0 Å². The quantitative estimate of drug-likeness (QED) is 0.914. The maximum Gasteiger partial charge on any atom is 0.224 e. The summed E-state index contributed by atoms with van der Waals surface area (Å²) in [5, 5.41) is 14.3. The number of aromatic nitrogens is 4. The van der Waals surface area contributed by atoms with Gasteiger partial charge in [-0.3, -0.25) is 4.79 Å². The molecule has 24 heavy (non-hydrogen) atoms. The van der Waals surface area contributed by atoms with E-state index in [1.54, 1.807) is 11.0 Å². The largest absolute Gasteiger partial charge is 0.353 e. The zero-order chi connectivity index (χ0) is 16.5. The molecule has 1 heterocycles. The predicted molar refractivity (Wildman–Crippen MR) is 89.4 cm³/mol. The van der Waals surface area contributed by atoms with E-state index >= 15 is 0 Å². The van der Waals surface area contributed by atoms with Crippen LogP contribution in [0.5, 0.6) is 0 Å². The average Bonchev–Trinajstić information content (AvgIpc) is 3.33. The Balaban J connectivity index is 1.32. The van der Waals surface area contributed by atoms with Crippen molar-refractivity contribution >= 4 is 5.91 Å². The first-order chi connectivity index (χ1) is 11.7. The molecule has 4 atom stereocenters. The third kappa shape index (κ3) is 3.05. The molecule has 126 valence electrons. The number of nitrogens with one attached hydrogen (secondary N) is 1. The van der Waals surface area contributed by atoms with Gasteiger partial charge < -0.3 is 5.32 Å². The summed E-state index contributed by atoms with van der Waals surface area (Å²) < 4.78 is 1.60. The summed E-state index contributed by atoms with van der Waals surface area (Å²) in [5.74, 6) is 2.54. The van der Waals surface area contributed by atoms with Crippen molar-refractivity contribution in [3.05, 3.63) is 36.2 Å². The molecular formula is C18H23N5O. The van der Waals surface area contributed by atoms with Gasteiger partial charge in [0.05, 0.1) is 12.1 Å². The third-order valence-corrected chi connectivity index (χ3v) is 5.74. The molecular weight excluding hydrogens is 302 g/mol. The second kappa shape index (κ2) is 6.34. The van der Waals surface area contributed by atoms with Crippen LogP contribution in [0.2, 0.25) is 0 Å². The minimum absolute atomic E-state index is 0.112. The predicted octanol–water partition coefficient (Wildman–Crippen LogP) is 2.15. The molecule has 2 aromatic rings. The van der Waals surface area contributed by atoms with Gasteiger partial charge in [0, 0.05) is 6.04 Å². The normalized spacial score (nSPS) is 26.5. The molecule has 6 nitrogen and oxygen atoms in total. The van der Waals surface area contributed by atoms with Gasteiger partial charge in [0.2, 0.25) is 5.91 Å². The lowest BCUT2D eigenvalue weighted by molar-refractivity contribution is -0.121. The van der Waals surface area contributed by atoms with E-state index in [-0.39, 0.29) is 11.9 Å². The monoisotopic (exact) mass is 325 g/mol. The minimum atomic E-state index is 0.112. The van der Waals surface area contributed by atoms with E-state index in [1.807, 2.05) is 24.3 Å². The number of carbonyl (C=O) groups excluding carboxylic acids is 1. The lowest BCUT2D eigenvalue weighted by atomic mass is 9.84. The number of fused-ring (bicyclic) bond motifs is 2. The minimum Gasteiger partial charge on any atom is -0.353 e. The van der Waals surface area contributed by atoms with Gasteiger partial charge in [-0.1, -0.05) is 18.6 Å². The summed E-state index contributed by atoms with van der Waals surface area (Å²) in [6.45, 7) is 2.17. The Hall–Kier alpha value is -2.24. The Morgan fingerprint density at radius 2 is 2.12 bits per heavy atom. The number of hydrogen-bond donors (Lipinski definition) is 1. The second-order valence-electron chi connectivity index (χ2n) is 7.29. The molecule has 1 aromatic carbocycles. The van der Waals surface area contributed by atoms with Crippen molar-refractivity contribution in [2.75, 3.05) is 0 Å². The molecule has 4 rings (SSSR count). The molecule has 0 aliphatic heterocycles. The summed E-state index contributed by atoms with van der Waals surface area (Å²) in [7, 11) is 0. The maximum absolute atomic E-state index is 12.4. The molecule has 0 radical (unpaired) electrons. The Morgan fingerprint density at radius 3 is 2.75 bits per heavy atom. The van der Waals surface area contributed by atoms with Crippen molar-refractivity contribution in [2.24, 2.45) is 17.8 Å². The van der Waals surface area contributed by atoms with Crippen LogP contribution in [0, 0.1) is 17.8 Å². The van der Waals surface area contributed by atoms with Crippen LogP contribution in [0.1, 0.15) is 38.2 Å². The van der Waals surface area contributed by atoms with E-state index in [2.05, 4.69) is 27.8 Å². The van der Waals surface area contributed by atoms with Crippen LogP contribution in [0.3, 0.4) is 0 Å². The Bertz CT molecular complexity index is 697. The number of nitrogens with zero attached hydrogens (tertiary/aromatic N) is 4. The molecule has 2 saturated carbocycles. The smallest absolute Gasteiger partial charge is 0.224 e. The molecule has 0 spiro atoms. The van der Waals surface area contributed by atoms with E-state index in [0.717, 1.165) is 23.1 Å². The molecule has 2 fully saturated rings. The topological polar surface area (TPSA) is 72.7 Å². The van der Waals surface area contributed by atoms with E-state index in [4.69, 9.17) is 0 Å². The van der Waals surface area contributed by atoms with Crippen molar-refractivity contribution < 1.29 is 4.79 Å². The summed E-state index contributed by atoms with van der Waals surface area (Å²) in [6, 6.07) is 8.06. The van der Waals surface area contributed by atoms with E-state index < -0.39 is 0 Å². The van der Waals surface area contributed by atoms with Crippen molar-refractivity contribution in [1.82, 2.24) is 25.5 Å². The fourth-order valence-corrected chi connectivity index (χ4v) is 4.55. The zero-order valence-corrected chi connectivity index (χ0v) is 13.9. The van der Waals surface area contributed by atoms with Crippen LogP contribution in [-0.2, 0) is 11.2 Å². The molecule has 4 unspecified atom stereocenters. The van der Waals surface area contributed by atoms with Gasteiger partial charge in [-0.15, -0.1) is 5.10 Å². The van der Waals surface area contributed by atoms with Gasteiger partial charge >= 0.3 is 0 Å². The van der Waals surface area contributed by atoms with Gasteiger partial charge in [0.15, 0.2) is 0 Å². The lowest BCUT2D eigenvalue weighted by Crippen LogP contribution is -2.40. The van der Waals surface area contributed by atoms with Crippen molar-refractivity contribution in [3.8, 4) is 5.69 Å². The van der Waals surface area contributed by atoms with Crippen LogP contribution in [-0.4, -0.2) is 32.2 Å². The van der Waals surface area contributed by atoms with Crippen molar-refractivity contribution in [3.63, 3.8) is 0 Å². The summed E-state index contributed by atoms with van der Waals surface area (Å²) in [6.07, 6.45) is 7.40. The molecule has 2 bridgehead atoms. The first kappa shape index (κ1) is 15.3. The van der Waals surface area contributed by atoms with E-state index in [1.165, 1.54) is 25.7 Å². The lowest BCUT2D eigenvalue weighted by Gasteiger charge is -2.28. The highest BCUT2D eigenvalue weighted by molar-refractivity contribution is 5.78. The van der Waals surface area contributed by atoms with Crippen LogP contribution in [0.25, 0.3) is 5.69 Å². The summed E-state index contributed by atoms with van der Waals surface area (Å²) in [4.78, 5) is 12.4. The van der Waals surface area contributed by atoms with Gasteiger partial charge in [-0.05, 0) is 72.1 Å². The van der Waals surface area contributed by atoms with Crippen LogP contribution < -0.4 is 5.32 Å². The van der Waals surface area contributed by atoms with Crippen molar-refractivity contribution in [2.45, 2.75) is 45.1 Å². The number of carbonyl (C=O) groups is 1. The molecule has 6 heteroatoms. The highest BCUT2D eigenvalue weighted by Gasteiger charge is 2.42. The first-order valence-electron chi connectivity index (χ1n) is 8.80. The first-order valence-corrected chi connectivity index (χ1v) is 8.80. The maximum atomic E-state index is 12.4. The van der Waals surface area contributed by atoms with Crippen LogP contribution >= 0.6 is 0 Å². The fourth-order valence-electron chi connectivity index (χ4n) is 4.55. The fraction of sp³-hybridized carbons (Fsp3) is 0.556. The number of tetrazole rings is 1. The highest BCUT2D eigenvalue weighted by atomic mass is 16.1. The highest BCUT2D eigenvalue weighted by Crippen LogP contribution is 2.49. The van der Waals surface area contributed by atoms with Gasteiger partial charge in [0.25, 0.3) is 0 Å². The standard InChI is InChI=1S/C18H23N5O/c1-12(17-9-14-2-5-15(17)8-14)20-18(24)10-13-3-6-16(7-4-13)23-11-19-21-22-23/h3-4,6-7,11-12,14-15,17H,2,5,8-10H2,1H3,(H,20,24). The third-order valence-electron chi connectivity index (χ3n) is 5.74. The summed E-state index contributed by atoms with van der Waals surface area (Å²) >= 11 is 0. The average molecular weight is 325 g/mol. The number of benzene rings is 1. The summed E-state index contributed by atoms with van der Waals surface area (Å²) in [5.41, 5.74) is 1.89. The SMILES string of the molecule is CC(NC(=O)Cc1ccc(-n2cnnn2)cc1)C1CC2CCC1C2. The zero-order valence-electron chi connectivity index (χ0n) is 13.9. The van der Waals surface area contributed by atoms with Crippen LogP contribution in [0.4, 0.5) is 0 Å². The Kier molecular flexibility index (Phi) is 4.04. The van der Waals surface area contributed by atoms with E-state index in [0.29, 0.717) is 12.3 Å². The molecule has 0 saturated heterocycles. The van der Waals surface area contributed by atoms with Gasteiger partial charge in [-0.25, -0.2) is 4.68 Å². The molecule has 2 aliphatic carbocycles.